The van der Waals surface area contributed by atoms with E-state index in [0.717, 1.165) is 12.5 Å². The monoisotopic (exact) mass is 1330 g/mol. The van der Waals surface area contributed by atoms with Crippen LogP contribution in [-0.4, -0.2) is 138 Å². The van der Waals surface area contributed by atoms with Gasteiger partial charge in [0.2, 0.25) is 53.6 Å². The second-order valence-electron chi connectivity index (χ2n) is 23.7. The molecule has 94 heavy (non-hydrogen) atoms. The van der Waals surface area contributed by atoms with Crippen molar-refractivity contribution in [2.45, 2.75) is 114 Å². The Morgan fingerprint density at radius 2 is 1.43 bits per heavy atom. The average molecular weight is 1330 g/mol. The van der Waals surface area contributed by atoms with Gasteiger partial charge in [0.15, 0.2) is 5.60 Å². The number of aryl methyl sites for hydroxylation is 1. The highest BCUT2D eigenvalue weighted by Crippen LogP contribution is 2.51. The molecule has 3 aromatic carbocycles. The number of esters is 1. The lowest BCUT2D eigenvalue weighted by Gasteiger charge is -2.40. The molecule has 0 saturated carbocycles. The van der Waals surface area contributed by atoms with Crippen molar-refractivity contribution in [1.82, 2.24) is 56.1 Å². The molecule has 28 nitrogen and oxygen atoms in total. The van der Waals surface area contributed by atoms with Gasteiger partial charge in [-0.1, -0.05) is 26.8 Å². The van der Waals surface area contributed by atoms with Crippen molar-refractivity contribution in [3.63, 3.8) is 0 Å². The minimum atomic E-state index is -3.75. The summed E-state index contributed by atoms with van der Waals surface area (Å²) < 4.78 is 77.0. The number of benzene rings is 3. The maximum absolute atomic E-state index is 15.9. The summed E-state index contributed by atoms with van der Waals surface area (Å²) in [5, 5.41) is 27.3. The number of pyridine rings is 2. The average Bonchev–Trinajstić information content (AvgIpc) is 1.42. The molecule has 31 heteroatoms. The molecule has 3 aliphatic rings. The van der Waals surface area contributed by atoms with Crippen molar-refractivity contribution in [1.29, 1.82) is 0 Å². The number of ether oxygens (including phenoxy) is 2. The zero-order chi connectivity index (χ0) is 68.1. The smallest absolute Gasteiger partial charge is 0.405 e. The van der Waals surface area contributed by atoms with Gasteiger partial charge in [-0.15, -0.1) is 0 Å². The van der Waals surface area contributed by atoms with Crippen molar-refractivity contribution in [2.24, 2.45) is 11.7 Å². The lowest BCUT2D eigenvalue weighted by Crippen LogP contribution is -2.55. The lowest BCUT2D eigenvalue weighted by molar-refractivity contribution is -0.172. The van der Waals surface area contributed by atoms with Gasteiger partial charge in [-0.25, -0.2) is 55.7 Å². The van der Waals surface area contributed by atoms with Gasteiger partial charge in [0.25, 0.3) is 11.5 Å². The van der Waals surface area contributed by atoms with Gasteiger partial charge in [0, 0.05) is 101 Å². The van der Waals surface area contributed by atoms with Crippen LogP contribution in [-0.2, 0) is 96.9 Å². The number of rotatable bonds is 21. The number of aliphatic hydroxyl groups is 1. The second-order valence-corrected chi connectivity index (χ2v) is 27.5. The minimum absolute atomic E-state index is 0.00728. The van der Waals surface area contributed by atoms with E-state index >= 15 is 4.39 Å². The van der Waals surface area contributed by atoms with E-state index in [9.17, 15) is 60.3 Å². The molecule has 4 atom stereocenters. The van der Waals surface area contributed by atoms with Gasteiger partial charge in [-0.2, -0.15) is 0 Å². The van der Waals surface area contributed by atoms with Crippen LogP contribution in [0.5, 0.6) is 0 Å². The summed E-state index contributed by atoms with van der Waals surface area (Å²) in [5.74, 6) is -5.68. The van der Waals surface area contributed by atoms with Gasteiger partial charge in [0.05, 0.1) is 42.1 Å². The lowest BCUT2D eigenvalue weighted by atomic mass is 9.72. The molecule has 6 heterocycles. The largest absolute Gasteiger partial charge is 0.458 e. The molecule has 0 fully saturated rings. The number of carbonyl (C=O) groups excluding carboxylic acids is 7. The molecule has 2 aliphatic heterocycles. The van der Waals surface area contributed by atoms with Gasteiger partial charge in [0.1, 0.15) is 30.1 Å². The van der Waals surface area contributed by atoms with Gasteiger partial charge >= 0.3 is 12.1 Å². The summed E-state index contributed by atoms with van der Waals surface area (Å²) >= 11 is 0. The number of aromatic nitrogens is 6. The van der Waals surface area contributed by atoms with Crippen LogP contribution in [0.3, 0.4) is 0 Å². The fraction of sp³-hybridized carbons (Fsp3) is 0.349. The quantitative estimate of drug-likeness (QED) is 0.0378. The fourth-order valence-electron chi connectivity index (χ4n) is 12.0. The number of halogens is 1. The van der Waals surface area contributed by atoms with Crippen LogP contribution in [0.1, 0.15) is 95.4 Å². The number of cyclic esters (lactones) is 1. The van der Waals surface area contributed by atoms with Crippen molar-refractivity contribution in [3.05, 3.63) is 140 Å². The van der Waals surface area contributed by atoms with Crippen molar-refractivity contribution >= 4 is 77.9 Å². The zero-order valence-electron chi connectivity index (χ0n) is 52.1. The fourth-order valence-corrected chi connectivity index (χ4v) is 13.0. The number of nitrogens with two attached hydrogens (primary N) is 1. The Labute approximate surface area is 537 Å². The van der Waals surface area contributed by atoms with E-state index in [-0.39, 0.29) is 79.0 Å². The third kappa shape index (κ3) is 13.2. The summed E-state index contributed by atoms with van der Waals surface area (Å²) in [6.07, 6.45) is 5.93. The molecule has 1 aliphatic carbocycles. The molecule has 10 rings (SSSR count). The SMILES string of the molecule is CC[C@@]1(O)C(=O)OCc2c1cc1n(c2=O)Cc2c-1nc1cc(F)c(C)c3c1c2[C@](Cc1ccc(NC(=O)[C@H](C)NC(=O)[C@@H](NC(=O)CNC(=O)CNC(=O)c2cc(-c4cnc(S(C)(=O)=O)nc4)cc(-c4cnc(S(C)(=O)=O)nc4)c2)C(C)C)cc1CNC)(OC(N)=O)CC3. The third-order valence-electron chi connectivity index (χ3n) is 16.8. The number of primary amides is 1. The first-order valence-corrected chi connectivity index (χ1v) is 33.4. The Kier molecular flexibility index (Phi) is 18.4. The van der Waals surface area contributed by atoms with Crippen LogP contribution in [0.4, 0.5) is 14.9 Å². The summed E-state index contributed by atoms with van der Waals surface area (Å²) in [6.45, 7) is 6.50. The molecule has 0 saturated heterocycles. The number of hydrogen-bond donors (Lipinski definition) is 8. The number of fused-ring (bicyclic) bond motifs is 5. The molecule has 492 valence electrons. The summed E-state index contributed by atoms with van der Waals surface area (Å²) in [4.78, 5) is 129. The normalized spacial score (nSPS) is 17.0. The van der Waals surface area contributed by atoms with Crippen molar-refractivity contribution < 1.29 is 69.4 Å². The predicted octanol–water partition coefficient (Wildman–Crippen LogP) is 2.58. The first kappa shape index (κ1) is 66.9. The molecule has 0 radical (unpaired) electrons. The minimum Gasteiger partial charge on any atom is -0.458 e. The maximum atomic E-state index is 15.9. The molecule has 0 spiro atoms. The highest BCUT2D eigenvalue weighted by Gasteiger charge is 2.49. The number of nitrogens with one attached hydrogen (secondary N) is 6. The first-order chi connectivity index (χ1) is 44.3. The van der Waals surface area contributed by atoms with E-state index in [1.165, 1.54) is 60.5 Å². The van der Waals surface area contributed by atoms with E-state index in [2.05, 4.69) is 51.8 Å². The van der Waals surface area contributed by atoms with Crippen LogP contribution in [0.2, 0.25) is 0 Å². The van der Waals surface area contributed by atoms with Gasteiger partial charge in [-0.3, -0.25) is 28.8 Å². The molecular formula is C63H66FN13O15S2. The first-order valence-electron chi connectivity index (χ1n) is 29.6. The Bertz CT molecular complexity index is 4550. The number of hydrogen-bond acceptors (Lipinski definition) is 21. The number of sulfone groups is 2. The van der Waals surface area contributed by atoms with Crippen LogP contribution >= 0.6 is 0 Å². The highest BCUT2D eigenvalue weighted by atomic mass is 32.2. The number of nitrogens with zero attached hydrogens (tertiary/aromatic N) is 6. The van der Waals surface area contributed by atoms with E-state index in [4.69, 9.17) is 20.2 Å². The van der Waals surface area contributed by atoms with Crippen LogP contribution in [0.15, 0.2) is 88.4 Å². The second kappa shape index (κ2) is 25.8. The van der Waals surface area contributed by atoms with E-state index in [0.29, 0.717) is 66.7 Å². The zero-order valence-corrected chi connectivity index (χ0v) is 53.8. The molecule has 0 unspecified atom stereocenters. The van der Waals surface area contributed by atoms with Gasteiger partial charge in [-0.05, 0) is 116 Å². The van der Waals surface area contributed by atoms with Crippen LogP contribution in [0.25, 0.3) is 44.5 Å². The molecule has 0 bridgehead atoms. The van der Waals surface area contributed by atoms with Gasteiger partial charge < -0.3 is 56.8 Å². The molecule has 4 aromatic heterocycles. The Balaban J connectivity index is 0.806. The van der Waals surface area contributed by atoms with E-state index in [1.54, 1.807) is 59.0 Å². The van der Waals surface area contributed by atoms with E-state index < -0.39 is 125 Å². The van der Waals surface area contributed by atoms with Crippen molar-refractivity contribution in [2.75, 3.05) is 38.0 Å². The predicted molar refractivity (Wildman–Crippen MR) is 336 cm³/mol. The van der Waals surface area contributed by atoms with Crippen LogP contribution < -0.4 is 43.2 Å². The van der Waals surface area contributed by atoms with Crippen molar-refractivity contribution in [3.8, 4) is 33.6 Å². The Morgan fingerprint density at radius 1 is 0.798 bits per heavy atom. The highest BCUT2D eigenvalue weighted by molar-refractivity contribution is 7.90. The summed E-state index contributed by atoms with van der Waals surface area (Å²) in [6, 6.07) is 9.91. The molecular weight excluding hydrogens is 1260 g/mol. The standard InChI is InChI=1S/C63H66FN13O15S2/c1-9-63(86)44-18-47-53-42(28-77(47)57(83)43(44)29-91-58(63)84)51-50-41(31(4)45(64)19-46(50)75-53)12-13-62(51,92-59(65)85)20-33-10-11-40(17-37(33)21-66-6)74-54(80)32(5)73-56(82)52(30(2)3)76-49(79)27-67-48(78)26-68-55(81)36-15-34(38-22-69-60(70-23-38)93(7,87)88)14-35(16-36)39-24-71-61(72-25-39)94(8,89)90/h10-11,14-19,22-25,30,32,52,66,86H,9,12-13,20-21,26-29H2,1-8H3,(H2,65,85)(H,67,78)(H,68,81)(H,73,82)(H,74,80)(H,76,79)/t32-,52-,62-,63-/m0/s1. The molecule has 9 N–H and O–H groups in total. The topological polar surface area (TPSA) is 411 Å². The van der Waals surface area contributed by atoms with E-state index in [1.807, 2.05) is 0 Å². The Morgan fingerprint density at radius 3 is 2.01 bits per heavy atom. The number of anilines is 1. The van der Waals surface area contributed by atoms with Crippen LogP contribution in [0, 0.1) is 18.7 Å². The maximum Gasteiger partial charge on any atom is 0.405 e. The summed E-state index contributed by atoms with van der Waals surface area (Å²) in [7, 11) is -5.80. The summed E-state index contributed by atoms with van der Waals surface area (Å²) in [5.41, 5.74) is 7.34. The third-order valence-corrected chi connectivity index (χ3v) is 18.6. The molecule has 7 aromatic rings. The number of amides is 6. The number of carbonyl (C=O) groups is 7. The molecule has 6 amide bonds. The Hall–Kier alpha value is -9.98.